The fourth-order valence-corrected chi connectivity index (χ4v) is 2.09. The van der Waals surface area contributed by atoms with Gasteiger partial charge in [0.25, 0.3) is 5.91 Å². The van der Waals surface area contributed by atoms with Crippen LogP contribution in [0, 0.1) is 6.92 Å². The van der Waals surface area contributed by atoms with Gasteiger partial charge in [0.1, 0.15) is 0 Å². The average Bonchev–Trinajstić information content (AvgIpc) is 2.56. The van der Waals surface area contributed by atoms with Crippen LogP contribution in [0.2, 0.25) is 0 Å². The highest BCUT2D eigenvalue weighted by molar-refractivity contribution is 5.92. The van der Waals surface area contributed by atoms with Crippen molar-refractivity contribution in [3.8, 4) is 0 Å². The average molecular weight is 311 g/mol. The van der Waals surface area contributed by atoms with E-state index in [4.69, 9.17) is 4.74 Å². The van der Waals surface area contributed by atoms with E-state index >= 15 is 0 Å². The molecule has 23 heavy (non-hydrogen) atoms. The van der Waals surface area contributed by atoms with Crippen LogP contribution in [0.5, 0.6) is 0 Å². The molecule has 2 aromatic carbocycles. The quantitative estimate of drug-likeness (QED) is 0.833. The van der Waals surface area contributed by atoms with E-state index in [1.807, 2.05) is 55.5 Å². The van der Waals surface area contributed by atoms with Crippen LogP contribution >= 0.6 is 0 Å². The van der Waals surface area contributed by atoms with Gasteiger partial charge in [-0.1, -0.05) is 48.9 Å². The van der Waals surface area contributed by atoms with E-state index in [9.17, 15) is 9.59 Å². The number of carbonyl (C=O) groups excluding carboxylic acids is 2. The molecule has 1 N–H and O–H groups in total. The molecule has 0 unspecified atom stereocenters. The molecular formula is C19H21NO3. The second-order valence-corrected chi connectivity index (χ2v) is 5.42. The van der Waals surface area contributed by atoms with Crippen LogP contribution < -0.4 is 5.32 Å². The number of aryl methyl sites for hydroxylation is 2. The van der Waals surface area contributed by atoms with Crippen molar-refractivity contribution in [1.82, 2.24) is 0 Å². The Balaban J connectivity index is 1.76. The summed E-state index contributed by atoms with van der Waals surface area (Å²) >= 11 is 0. The van der Waals surface area contributed by atoms with E-state index in [1.165, 1.54) is 5.56 Å². The zero-order valence-corrected chi connectivity index (χ0v) is 13.5. The first-order valence-corrected chi connectivity index (χ1v) is 7.67. The summed E-state index contributed by atoms with van der Waals surface area (Å²) in [6, 6.07) is 15.2. The minimum absolute atomic E-state index is 0.165. The van der Waals surface area contributed by atoms with Crippen molar-refractivity contribution in [3.63, 3.8) is 0 Å². The summed E-state index contributed by atoms with van der Waals surface area (Å²) < 4.78 is 5.00. The van der Waals surface area contributed by atoms with Crippen molar-refractivity contribution in [2.24, 2.45) is 0 Å². The van der Waals surface area contributed by atoms with E-state index in [0.29, 0.717) is 5.69 Å². The first-order valence-electron chi connectivity index (χ1n) is 7.67. The topological polar surface area (TPSA) is 55.4 Å². The monoisotopic (exact) mass is 311 g/mol. The van der Waals surface area contributed by atoms with Crippen LogP contribution in [0.3, 0.4) is 0 Å². The van der Waals surface area contributed by atoms with Crippen molar-refractivity contribution >= 4 is 17.6 Å². The Kier molecular flexibility index (Phi) is 5.92. The standard InChI is InChI=1S/C19H21NO3/c1-3-15-8-10-17(11-9-15)20-18(21)13-23-19(22)12-16-6-4-14(2)5-7-16/h4-11H,3,12-13H2,1-2H3,(H,20,21). The summed E-state index contributed by atoms with van der Waals surface area (Å²) in [4.78, 5) is 23.5. The van der Waals surface area contributed by atoms with E-state index in [2.05, 4.69) is 12.2 Å². The molecule has 0 radical (unpaired) electrons. The number of hydrogen-bond acceptors (Lipinski definition) is 3. The summed E-state index contributed by atoms with van der Waals surface area (Å²) in [6.45, 7) is 3.78. The zero-order chi connectivity index (χ0) is 16.7. The zero-order valence-electron chi connectivity index (χ0n) is 13.5. The number of carbonyl (C=O) groups is 2. The Morgan fingerprint density at radius 2 is 1.57 bits per heavy atom. The molecule has 0 aliphatic carbocycles. The molecule has 0 atom stereocenters. The molecule has 0 saturated carbocycles. The van der Waals surface area contributed by atoms with Gasteiger partial charge >= 0.3 is 5.97 Å². The summed E-state index contributed by atoms with van der Waals surface area (Å²) in [7, 11) is 0. The Morgan fingerprint density at radius 3 is 2.17 bits per heavy atom. The number of amides is 1. The molecule has 4 heteroatoms. The smallest absolute Gasteiger partial charge is 0.310 e. The number of ether oxygens (including phenoxy) is 1. The van der Waals surface area contributed by atoms with Gasteiger partial charge in [-0.2, -0.15) is 0 Å². The van der Waals surface area contributed by atoms with Crippen molar-refractivity contribution in [2.75, 3.05) is 11.9 Å². The van der Waals surface area contributed by atoms with Crippen molar-refractivity contribution in [3.05, 3.63) is 65.2 Å². The Hall–Kier alpha value is -2.62. The highest BCUT2D eigenvalue weighted by Crippen LogP contribution is 2.10. The lowest BCUT2D eigenvalue weighted by molar-refractivity contribution is -0.146. The van der Waals surface area contributed by atoms with E-state index in [-0.39, 0.29) is 18.9 Å². The molecule has 0 bridgehead atoms. The molecule has 120 valence electrons. The molecule has 0 fully saturated rings. The van der Waals surface area contributed by atoms with E-state index < -0.39 is 5.97 Å². The van der Waals surface area contributed by atoms with Gasteiger partial charge in [0.05, 0.1) is 6.42 Å². The SMILES string of the molecule is CCc1ccc(NC(=O)COC(=O)Cc2ccc(C)cc2)cc1. The summed E-state index contributed by atoms with van der Waals surface area (Å²) in [6.07, 6.45) is 1.11. The summed E-state index contributed by atoms with van der Waals surface area (Å²) in [5, 5.41) is 2.70. The molecule has 2 rings (SSSR count). The predicted octanol–water partition coefficient (Wildman–Crippen LogP) is 3.28. The molecule has 0 aliphatic rings. The Bertz CT molecular complexity index is 660. The lowest BCUT2D eigenvalue weighted by atomic mass is 10.1. The van der Waals surface area contributed by atoms with Gasteiger partial charge in [-0.25, -0.2) is 0 Å². The molecule has 4 nitrogen and oxygen atoms in total. The third-order valence-electron chi connectivity index (χ3n) is 3.48. The molecular weight excluding hydrogens is 290 g/mol. The second kappa shape index (κ2) is 8.13. The molecule has 0 aromatic heterocycles. The van der Waals surface area contributed by atoms with Gasteiger partial charge in [-0.15, -0.1) is 0 Å². The largest absolute Gasteiger partial charge is 0.455 e. The maximum absolute atomic E-state index is 11.8. The Morgan fingerprint density at radius 1 is 0.957 bits per heavy atom. The van der Waals surface area contributed by atoms with Gasteiger partial charge in [-0.3, -0.25) is 9.59 Å². The molecule has 0 saturated heterocycles. The van der Waals surface area contributed by atoms with E-state index in [0.717, 1.165) is 17.5 Å². The van der Waals surface area contributed by atoms with Crippen LogP contribution in [0.1, 0.15) is 23.6 Å². The number of benzene rings is 2. The normalized spacial score (nSPS) is 10.2. The maximum atomic E-state index is 11.8. The van der Waals surface area contributed by atoms with Crippen LogP contribution in [0.25, 0.3) is 0 Å². The van der Waals surface area contributed by atoms with Gasteiger partial charge in [0, 0.05) is 5.69 Å². The lowest BCUT2D eigenvalue weighted by Gasteiger charge is -2.07. The number of esters is 1. The minimum Gasteiger partial charge on any atom is -0.455 e. The minimum atomic E-state index is -0.412. The van der Waals surface area contributed by atoms with Crippen LogP contribution in [-0.2, 0) is 27.2 Å². The third kappa shape index (κ3) is 5.58. The highest BCUT2D eigenvalue weighted by atomic mass is 16.5. The van der Waals surface area contributed by atoms with Crippen LogP contribution in [0.4, 0.5) is 5.69 Å². The summed E-state index contributed by atoms with van der Waals surface area (Å²) in [5.74, 6) is -0.753. The van der Waals surface area contributed by atoms with Crippen molar-refractivity contribution in [1.29, 1.82) is 0 Å². The fourth-order valence-electron chi connectivity index (χ4n) is 2.09. The summed E-state index contributed by atoms with van der Waals surface area (Å²) in [5.41, 5.74) is 3.90. The molecule has 0 spiro atoms. The van der Waals surface area contributed by atoms with Crippen molar-refractivity contribution < 1.29 is 14.3 Å². The van der Waals surface area contributed by atoms with Crippen molar-refractivity contribution in [2.45, 2.75) is 26.7 Å². The number of rotatable bonds is 6. The van der Waals surface area contributed by atoms with Gasteiger partial charge < -0.3 is 10.1 Å². The number of hydrogen-bond donors (Lipinski definition) is 1. The highest BCUT2D eigenvalue weighted by Gasteiger charge is 2.09. The molecule has 0 heterocycles. The van der Waals surface area contributed by atoms with Gasteiger partial charge in [0.15, 0.2) is 6.61 Å². The first kappa shape index (κ1) is 16.7. The van der Waals surface area contributed by atoms with Crippen LogP contribution in [0.15, 0.2) is 48.5 Å². The third-order valence-corrected chi connectivity index (χ3v) is 3.48. The molecule has 0 aliphatic heterocycles. The number of nitrogens with one attached hydrogen (secondary N) is 1. The fraction of sp³-hybridized carbons (Fsp3) is 0.263. The number of anilines is 1. The molecule has 2 aromatic rings. The van der Waals surface area contributed by atoms with Crippen LogP contribution in [-0.4, -0.2) is 18.5 Å². The van der Waals surface area contributed by atoms with Gasteiger partial charge in [0.2, 0.25) is 0 Å². The lowest BCUT2D eigenvalue weighted by Crippen LogP contribution is -2.21. The first-order chi connectivity index (χ1) is 11.1. The second-order valence-electron chi connectivity index (χ2n) is 5.42. The maximum Gasteiger partial charge on any atom is 0.310 e. The Labute approximate surface area is 136 Å². The van der Waals surface area contributed by atoms with E-state index in [1.54, 1.807) is 0 Å². The predicted molar refractivity (Wildman–Crippen MR) is 90.3 cm³/mol. The molecule has 1 amide bonds. The van der Waals surface area contributed by atoms with Gasteiger partial charge in [-0.05, 0) is 36.6 Å².